The second kappa shape index (κ2) is 9.04. The molecule has 20 heavy (non-hydrogen) atoms. The molecular formula is C14H29IN4O. The standard InChI is InChI=1S/C14H28N4O.HI/c1-2-7-16-13(15)17-12-14(5-10-19-11-6-14)18-8-3-4-9-18;/h2-12H2,1H3,(H3,15,16,17);1H. The molecule has 0 saturated carbocycles. The molecule has 0 aromatic rings. The van der Waals surface area contributed by atoms with Gasteiger partial charge in [-0.05, 0) is 45.2 Å². The van der Waals surface area contributed by atoms with Crippen LogP contribution in [0.1, 0.15) is 39.0 Å². The molecule has 3 N–H and O–H groups in total. The van der Waals surface area contributed by atoms with Crippen LogP contribution in [0.5, 0.6) is 0 Å². The van der Waals surface area contributed by atoms with Crippen molar-refractivity contribution < 1.29 is 4.74 Å². The van der Waals surface area contributed by atoms with Gasteiger partial charge in [-0.2, -0.15) is 0 Å². The SMILES string of the molecule is CCCNC(N)=NCC1(N2CCCC2)CCOCC1.I. The lowest BCUT2D eigenvalue weighted by Gasteiger charge is -2.43. The van der Waals surface area contributed by atoms with Crippen LogP contribution in [0.15, 0.2) is 4.99 Å². The highest BCUT2D eigenvalue weighted by molar-refractivity contribution is 14.0. The Hall–Kier alpha value is -0.0800. The summed E-state index contributed by atoms with van der Waals surface area (Å²) in [6.45, 7) is 7.96. The second-order valence-corrected chi connectivity index (χ2v) is 5.66. The van der Waals surface area contributed by atoms with Gasteiger partial charge in [0.05, 0.1) is 6.54 Å². The van der Waals surface area contributed by atoms with E-state index in [0.29, 0.717) is 5.96 Å². The molecule has 0 unspecified atom stereocenters. The predicted molar refractivity (Wildman–Crippen MR) is 93.8 cm³/mol. The maximum Gasteiger partial charge on any atom is 0.188 e. The van der Waals surface area contributed by atoms with Crippen LogP contribution in [-0.2, 0) is 4.74 Å². The van der Waals surface area contributed by atoms with Crippen molar-refractivity contribution in [3.8, 4) is 0 Å². The van der Waals surface area contributed by atoms with Gasteiger partial charge in [-0.1, -0.05) is 6.92 Å². The third-order valence-corrected chi connectivity index (χ3v) is 4.30. The number of hydrogen-bond acceptors (Lipinski definition) is 3. The average Bonchev–Trinajstić information content (AvgIpc) is 2.98. The molecule has 0 aromatic heterocycles. The van der Waals surface area contributed by atoms with E-state index in [1.54, 1.807) is 0 Å². The summed E-state index contributed by atoms with van der Waals surface area (Å²) < 4.78 is 5.53. The molecule has 2 aliphatic rings. The zero-order valence-electron chi connectivity index (χ0n) is 12.6. The minimum absolute atomic E-state index is 0. The Balaban J connectivity index is 0.00000200. The van der Waals surface area contributed by atoms with Gasteiger partial charge in [-0.3, -0.25) is 9.89 Å². The molecule has 2 aliphatic heterocycles. The van der Waals surface area contributed by atoms with Crippen LogP contribution >= 0.6 is 24.0 Å². The monoisotopic (exact) mass is 396 g/mol. The molecule has 0 spiro atoms. The maximum atomic E-state index is 5.92. The lowest BCUT2D eigenvalue weighted by molar-refractivity contribution is -0.0138. The van der Waals surface area contributed by atoms with E-state index in [1.165, 1.54) is 25.9 Å². The number of guanidine groups is 1. The molecule has 2 fully saturated rings. The number of hydrogen-bond donors (Lipinski definition) is 2. The molecule has 0 bridgehead atoms. The van der Waals surface area contributed by atoms with E-state index in [0.717, 1.165) is 45.6 Å². The second-order valence-electron chi connectivity index (χ2n) is 5.66. The molecular weight excluding hydrogens is 367 g/mol. The Labute approximate surface area is 139 Å². The van der Waals surface area contributed by atoms with E-state index in [4.69, 9.17) is 10.5 Å². The number of likely N-dealkylation sites (tertiary alicyclic amines) is 1. The van der Waals surface area contributed by atoms with Crippen molar-refractivity contribution in [2.75, 3.05) is 39.4 Å². The maximum absolute atomic E-state index is 5.92. The third kappa shape index (κ3) is 4.73. The van der Waals surface area contributed by atoms with Crippen molar-refractivity contribution in [1.29, 1.82) is 0 Å². The Morgan fingerprint density at radius 2 is 1.95 bits per heavy atom. The summed E-state index contributed by atoms with van der Waals surface area (Å²) in [5.41, 5.74) is 6.11. The van der Waals surface area contributed by atoms with Crippen LogP contribution in [-0.4, -0.2) is 55.8 Å². The van der Waals surface area contributed by atoms with Crippen molar-refractivity contribution in [2.45, 2.75) is 44.6 Å². The normalized spacial score (nSPS) is 23.4. The minimum atomic E-state index is 0. The summed E-state index contributed by atoms with van der Waals surface area (Å²) in [7, 11) is 0. The molecule has 0 atom stereocenters. The number of nitrogens with one attached hydrogen (secondary N) is 1. The third-order valence-electron chi connectivity index (χ3n) is 4.30. The van der Waals surface area contributed by atoms with Crippen LogP contribution in [0.3, 0.4) is 0 Å². The zero-order valence-corrected chi connectivity index (χ0v) is 14.9. The molecule has 0 radical (unpaired) electrons. The van der Waals surface area contributed by atoms with Gasteiger partial charge >= 0.3 is 0 Å². The van der Waals surface area contributed by atoms with Gasteiger partial charge in [-0.15, -0.1) is 24.0 Å². The fraction of sp³-hybridized carbons (Fsp3) is 0.929. The van der Waals surface area contributed by atoms with Gasteiger partial charge in [0.1, 0.15) is 0 Å². The lowest BCUT2D eigenvalue weighted by atomic mass is 9.88. The first-order valence-corrected chi connectivity index (χ1v) is 7.63. The van der Waals surface area contributed by atoms with Crippen LogP contribution in [0.2, 0.25) is 0 Å². The number of ether oxygens (including phenoxy) is 1. The number of nitrogens with two attached hydrogens (primary N) is 1. The van der Waals surface area contributed by atoms with E-state index in [1.807, 2.05) is 0 Å². The van der Waals surface area contributed by atoms with Crippen molar-refractivity contribution in [2.24, 2.45) is 10.7 Å². The van der Waals surface area contributed by atoms with E-state index < -0.39 is 0 Å². The Morgan fingerprint density at radius 3 is 2.55 bits per heavy atom. The summed E-state index contributed by atoms with van der Waals surface area (Å²) in [4.78, 5) is 7.21. The van der Waals surface area contributed by atoms with E-state index >= 15 is 0 Å². The largest absolute Gasteiger partial charge is 0.381 e. The molecule has 2 heterocycles. The van der Waals surface area contributed by atoms with Crippen molar-refractivity contribution in [1.82, 2.24) is 10.2 Å². The van der Waals surface area contributed by atoms with E-state index in [2.05, 4.69) is 22.1 Å². The highest BCUT2D eigenvalue weighted by atomic mass is 127. The van der Waals surface area contributed by atoms with Crippen LogP contribution < -0.4 is 11.1 Å². The van der Waals surface area contributed by atoms with Crippen LogP contribution in [0.25, 0.3) is 0 Å². The smallest absolute Gasteiger partial charge is 0.188 e. The number of nitrogens with zero attached hydrogens (tertiary/aromatic N) is 2. The minimum Gasteiger partial charge on any atom is -0.381 e. The Bertz CT molecular complexity index is 300. The fourth-order valence-corrected chi connectivity index (χ4v) is 3.06. The van der Waals surface area contributed by atoms with Crippen molar-refractivity contribution >= 4 is 29.9 Å². The Morgan fingerprint density at radius 1 is 1.30 bits per heavy atom. The molecule has 0 amide bonds. The van der Waals surface area contributed by atoms with Gasteiger partial charge in [0.25, 0.3) is 0 Å². The molecule has 2 saturated heterocycles. The summed E-state index contributed by atoms with van der Waals surface area (Å²) in [6.07, 6.45) is 5.86. The Kier molecular flexibility index (Phi) is 8.13. The molecule has 118 valence electrons. The van der Waals surface area contributed by atoms with Gasteiger partial charge in [0, 0.05) is 25.3 Å². The number of aliphatic imine (C=N–C) groups is 1. The summed E-state index contributed by atoms with van der Waals surface area (Å²) in [5, 5.41) is 3.16. The van der Waals surface area contributed by atoms with E-state index in [-0.39, 0.29) is 29.5 Å². The van der Waals surface area contributed by atoms with Crippen LogP contribution in [0, 0.1) is 0 Å². The number of halogens is 1. The molecule has 5 nitrogen and oxygen atoms in total. The first-order valence-electron chi connectivity index (χ1n) is 7.63. The zero-order chi connectivity index (χ0) is 13.6. The van der Waals surface area contributed by atoms with Gasteiger partial charge in [0.2, 0.25) is 0 Å². The van der Waals surface area contributed by atoms with Gasteiger partial charge in [-0.25, -0.2) is 0 Å². The van der Waals surface area contributed by atoms with Gasteiger partial charge < -0.3 is 15.8 Å². The van der Waals surface area contributed by atoms with Crippen molar-refractivity contribution in [3.63, 3.8) is 0 Å². The molecule has 0 aliphatic carbocycles. The first kappa shape index (κ1) is 18.0. The summed E-state index contributed by atoms with van der Waals surface area (Å²) >= 11 is 0. The quantitative estimate of drug-likeness (QED) is 0.421. The average molecular weight is 396 g/mol. The molecule has 0 aromatic carbocycles. The topological polar surface area (TPSA) is 62.9 Å². The first-order chi connectivity index (χ1) is 9.27. The fourth-order valence-electron chi connectivity index (χ4n) is 3.06. The molecule has 6 heteroatoms. The highest BCUT2D eigenvalue weighted by Gasteiger charge is 2.39. The predicted octanol–water partition coefficient (Wildman–Crippen LogP) is 1.56. The van der Waals surface area contributed by atoms with Crippen LogP contribution in [0.4, 0.5) is 0 Å². The summed E-state index contributed by atoms with van der Waals surface area (Å²) in [6, 6.07) is 0. The van der Waals surface area contributed by atoms with E-state index in [9.17, 15) is 0 Å². The highest BCUT2D eigenvalue weighted by Crippen LogP contribution is 2.31. The van der Waals surface area contributed by atoms with Gasteiger partial charge in [0.15, 0.2) is 5.96 Å². The summed E-state index contributed by atoms with van der Waals surface area (Å²) in [5.74, 6) is 0.590. The van der Waals surface area contributed by atoms with Crippen molar-refractivity contribution in [3.05, 3.63) is 0 Å². The number of rotatable bonds is 5. The molecule has 2 rings (SSSR count). The lowest BCUT2D eigenvalue weighted by Crippen LogP contribution is -2.53.